The van der Waals surface area contributed by atoms with E-state index in [0.717, 1.165) is 5.69 Å². The van der Waals surface area contributed by atoms with E-state index in [-0.39, 0.29) is 5.63 Å². The summed E-state index contributed by atoms with van der Waals surface area (Å²) in [5, 5.41) is 0. The number of hydrogen-bond donors (Lipinski definition) is 0. The molecule has 78 valence electrons. The molecule has 0 saturated heterocycles. The highest BCUT2D eigenvalue weighted by Gasteiger charge is 2.04. The summed E-state index contributed by atoms with van der Waals surface area (Å²) in [4.78, 5) is 17.4. The molecule has 0 aliphatic rings. The molecule has 4 nitrogen and oxygen atoms in total. The second kappa shape index (κ2) is 3.38. The molecule has 0 fully saturated rings. The Morgan fingerprint density at radius 3 is 2.73 bits per heavy atom. The topological polar surface area (TPSA) is 46.3 Å². The van der Waals surface area contributed by atoms with Crippen LogP contribution in [-0.2, 0) is 0 Å². The van der Waals surface area contributed by atoms with Gasteiger partial charge in [-0.2, -0.15) is 0 Å². The molecule has 0 amide bonds. The molecule has 0 N–H and O–H groups in total. The fourth-order valence-electron chi connectivity index (χ4n) is 1.36. The monoisotopic (exact) mass is 204 g/mol. The van der Waals surface area contributed by atoms with Gasteiger partial charge in [0.25, 0.3) is 0 Å². The number of nitrogens with zero attached hydrogens (tertiary/aromatic N) is 2. The molecule has 1 aromatic carbocycles. The Balaban J connectivity index is 2.72. The quantitative estimate of drug-likeness (QED) is 0.707. The van der Waals surface area contributed by atoms with Crippen LogP contribution in [-0.4, -0.2) is 19.1 Å². The Morgan fingerprint density at radius 1 is 1.33 bits per heavy atom. The normalized spacial score (nSPS) is 10.6. The molecule has 0 atom stereocenters. The van der Waals surface area contributed by atoms with Crippen molar-refractivity contribution in [3.05, 3.63) is 34.3 Å². The van der Waals surface area contributed by atoms with E-state index in [2.05, 4.69) is 4.98 Å². The first-order chi connectivity index (χ1) is 7.08. The first kappa shape index (κ1) is 9.71. The minimum absolute atomic E-state index is 0.376. The highest BCUT2D eigenvalue weighted by atomic mass is 16.4. The van der Waals surface area contributed by atoms with Crippen LogP contribution in [0.15, 0.2) is 27.4 Å². The van der Waals surface area contributed by atoms with Gasteiger partial charge in [-0.3, -0.25) is 0 Å². The predicted octanol–water partition coefficient (Wildman–Crippen LogP) is 1.56. The van der Waals surface area contributed by atoms with Gasteiger partial charge >= 0.3 is 5.63 Å². The van der Waals surface area contributed by atoms with Crippen molar-refractivity contribution in [3.8, 4) is 0 Å². The standard InChI is InChI=1S/C11H12N2O2/c1-7-11(14)15-10-6-8(13(2)3)4-5-9(10)12-7/h4-6H,1-3H3. The van der Waals surface area contributed by atoms with Crippen LogP contribution < -0.4 is 10.5 Å². The highest BCUT2D eigenvalue weighted by Crippen LogP contribution is 2.18. The van der Waals surface area contributed by atoms with E-state index < -0.39 is 0 Å². The third-order valence-corrected chi connectivity index (χ3v) is 2.25. The lowest BCUT2D eigenvalue weighted by atomic mass is 10.2. The molecular weight excluding hydrogens is 192 g/mol. The number of fused-ring (bicyclic) bond motifs is 1. The summed E-state index contributed by atoms with van der Waals surface area (Å²) in [5.74, 6) is 0. The lowest BCUT2D eigenvalue weighted by Gasteiger charge is -2.11. The molecule has 0 aliphatic carbocycles. The molecule has 2 rings (SSSR count). The molecule has 4 heteroatoms. The maximum absolute atomic E-state index is 11.3. The van der Waals surface area contributed by atoms with Gasteiger partial charge in [0, 0.05) is 25.8 Å². The maximum Gasteiger partial charge on any atom is 0.357 e. The molecular formula is C11H12N2O2. The largest absolute Gasteiger partial charge is 0.420 e. The highest BCUT2D eigenvalue weighted by molar-refractivity contribution is 5.76. The zero-order valence-electron chi connectivity index (χ0n) is 8.94. The van der Waals surface area contributed by atoms with Gasteiger partial charge in [-0.1, -0.05) is 0 Å². The maximum atomic E-state index is 11.3. The van der Waals surface area contributed by atoms with Crippen molar-refractivity contribution in [3.63, 3.8) is 0 Å². The minimum atomic E-state index is -0.376. The average molecular weight is 204 g/mol. The molecule has 1 heterocycles. The third-order valence-electron chi connectivity index (χ3n) is 2.25. The van der Waals surface area contributed by atoms with Gasteiger partial charge in [-0.05, 0) is 19.1 Å². The van der Waals surface area contributed by atoms with Crippen LogP contribution in [0.25, 0.3) is 11.1 Å². The van der Waals surface area contributed by atoms with Gasteiger partial charge in [0.15, 0.2) is 5.58 Å². The van der Waals surface area contributed by atoms with E-state index in [4.69, 9.17) is 4.42 Å². The van der Waals surface area contributed by atoms with Gasteiger partial charge < -0.3 is 9.32 Å². The van der Waals surface area contributed by atoms with E-state index in [1.807, 2.05) is 37.2 Å². The summed E-state index contributed by atoms with van der Waals surface area (Å²) < 4.78 is 5.14. The molecule has 0 unspecified atom stereocenters. The lowest BCUT2D eigenvalue weighted by molar-refractivity contribution is 0.547. The van der Waals surface area contributed by atoms with Crippen molar-refractivity contribution < 1.29 is 4.42 Å². The Kier molecular flexibility index (Phi) is 2.19. The molecule has 15 heavy (non-hydrogen) atoms. The van der Waals surface area contributed by atoms with Crippen molar-refractivity contribution in [2.45, 2.75) is 6.92 Å². The molecule has 0 radical (unpaired) electrons. The van der Waals surface area contributed by atoms with E-state index in [1.54, 1.807) is 6.92 Å². The zero-order chi connectivity index (χ0) is 11.0. The van der Waals surface area contributed by atoms with Crippen LogP contribution in [0.4, 0.5) is 5.69 Å². The molecule has 1 aromatic heterocycles. The number of anilines is 1. The SMILES string of the molecule is Cc1nc2ccc(N(C)C)cc2oc1=O. The average Bonchev–Trinajstić information content (AvgIpc) is 2.19. The van der Waals surface area contributed by atoms with Crippen molar-refractivity contribution in [1.82, 2.24) is 4.98 Å². The fraction of sp³-hybridized carbons (Fsp3) is 0.273. The smallest absolute Gasteiger partial charge is 0.357 e. The fourth-order valence-corrected chi connectivity index (χ4v) is 1.36. The van der Waals surface area contributed by atoms with Gasteiger partial charge in [-0.15, -0.1) is 0 Å². The first-order valence-electron chi connectivity index (χ1n) is 4.67. The molecule has 0 saturated carbocycles. The summed E-state index contributed by atoms with van der Waals surface area (Å²) in [6.07, 6.45) is 0. The van der Waals surface area contributed by atoms with Crippen LogP contribution in [0.2, 0.25) is 0 Å². The summed E-state index contributed by atoms with van der Waals surface area (Å²) in [6, 6.07) is 5.60. The Hall–Kier alpha value is -1.84. The number of aromatic nitrogens is 1. The Bertz CT molecular complexity index is 558. The van der Waals surface area contributed by atoms with Crippen molar-refractivity contribution in [2.24, 2.45) is 0 Å². The van der Waals surface area contributed by atoms with E-state index >= 15 is 0 Å². The summed E-state index contributed by atoms with van der Waals surface area (Å²) in [6.45, 7) is 1.64. The first-order valence-corrected chi connectivity index (χ1v) is 4.67. The predicted molar refractivity (Wildman–Crippen MR) is 59.3 cm³/mol. The van der Waals surface area contributed by atoms with Gasteiger partial charge in [-0.25, -0.2) is 9.78 Å². The summed E-state index contributed by atoms with van der Waals surface area (Å²) in [5.41, 5.74) is 2.23. The lowest BCUT2D eigenvalue weighted by Crippen LogP contribution is -2.09. The van der Waals surface area contributed by atoms with Gasteiger partial charge in [0.1, 0.15) is 11.2 Å². The van der Waals surface area contributed by atoms with Crippen molar-refractivity contribution in [1.29, 1.82) is 0 Å². The second-order valence-corrected chi connectivity index (χ2v) is 3.63. The molecule has 0 spiro atoms. The summed E-state index contributed by atoms with van der Waals surface area (Å²) >= 11 is 0. The van der Waals surface area contributed by atoms with Crippen LogP contribution in [0.3, 0.4) is 0 Å². The second-order valence-electron chi connectivity index (χ2n) is 3.63. The van der Waals surface area contributed by atoms with E-state index in [9.17, 15) is 4.79 Å². The van der Waals surface area contributed by atoms with Crippen LogP contribution >= 0.6 is 0 Å². The van der Waals surface area contributed by atoms with Crippen LogP contribution in [0, 0.1) is 6.92 Å². The minimum Gasteiger partial charge on any atom is -0.420 e. The third kappa shape index (κ3) is 1.70. The molecule has 2 aromatic rings. The van der Waals surface area contributed by atoms with Crippen LogP contribution in [0.5, 0.6) is 0 Å². The Labute approximate surface area is 87.2 Å². The van der Waals surface area contributed by atoms with E-state index in [1.165, 1.54) is 0 Å². The molecule has 0 bridgehead atoms. The zero-order valence-corrected chi connectivity index (χ0v) is 8.94. The van der Waals surface area contributed by atoms with E-state index in [0.29, 0.717) is 16.8 Å². The van der Waals surface area contributed by atoms with Gasteiger partial charge in [0.05, 0.1) is 0 Å². The van der Waals surface area contributed by atoms with Crippen molar-refractivity contribution >= 4 is 16.8 Å². The Morgan fingerprint density at radius 2 is 2.07 bits per heavy atom. The van der Waals surface area contributed by atoms with Gasteiger partial charge in [0.2, 0.25) is 0 Å². The number of rotatable bonds is 1. The number of hydrogen-bond acceptors (Lipinski definition) is 4. The molecule has 0 aliphatic heterocycles. The van der Waals surface area contributed by atoms with Crippen LogP contribution in [0.1, 0.15) is 5.69 Å². The number of aryl methyl sites for hydroxylation is 1. The van der Waals surface area contributed by atoms with Crippen molar-refractivity contribution in [2.75, 3.05) is 19.0 Å². The number of benzene rings is 1. The summed E-state index contributed by atoms with van der Waals surface area (Å²) in [7, 11) is 3.86.